The lowest BCUT2D eigenvalue weighted by molar-refractivity contribution is -0.656. The molecule has 2 aliphatic heterocycles. The number of hydrogen-bond donors (Lipinski definition) is 1. The van der Waals surface area contributed by atoms with Crippen LogP contribution in [0.25, 0.3) is 0 Å². The van der Waals surface area contributed by atoms with Crippen molar-refractivity contribution in [3.05, 3.63) is 59.7 Å². The number of rotatable bonds is 4. The van der Waals surface area contributed by atoms with Gasteiger partial charge in [-0.15, -0.1) is 0 Å². The number of thioether (sulfide) groups is 1. The molecule has 2 heterocycles. The monoisotopic (exact) mass is 391 g/mol. The summed E-state index contributed by atoms with van der Waals surface area (Å²) in [5, 5.41) is 12.6. The van der Waals surface area contributed by atoms with Gasteiger partial charge in [0.25, 0.3) is 5.72 Å². The molecule has 0 saturated carbocycles. The summed E-state index contributed by atoms with van der Waals surface area (Å²) >= 11 is 1.74. The number of benzene rings is 2. The molecule has 0 saturated heterocycles. The highest BCUT2D eigenvalue weighted by atomic mass is 32.2. The van der Waals surface area contributed by atoms with E-state index in [1.807, 2.05) is 29.7 Å². The second kappa shape index (κ2) is 7.13. The van der Waals surface area contributed by atoms with Gasteiger partial charge in [-0.1, -0.05) is 12.1 Å². The molecule has 0 amide bonds. The first-order valence-corrected chi connectivity index (χ1v) is 9.85. The summed E-state index contributed by atoms with van der Waals surface area (Å²) in [5.74, 6) is 1.09. The summed E-state index contributed by atoms with van der Waals surface area (Å²) in [6.45, 7) is 0.314. The maximum Gasteiger partial charge on any atom is 0.387 e. The minimum absolute atomic E-state index is 0.0862. The van der Waals surface area contributed by atoms with Crippen molar-refractivity contribution in [1.29, 1.82) is 0 Å². The molecule has 0 aliphatic carbocycles. The molecule has 0 unspecified atom stereocenters. The molecular weight excluding hydrogens is 370 g/mol. The summed E-state index contributed by atoms with van der Waals surface area (Å²) in [7, 11) is 0. The van der Waals surface area contributed by atoms with E-state index in [0.29, 0.717) is 12.1 Å². The van der Waals surface area contributed by atoms with Crippen molar-refractivity contribution < 1.29 is 23.2 Å². The van der Waals surface area contributed by atoms with E-state index in [9.17, 15) is 13.9 Å². The van der Waals surface area contributed by atoms with Gasteiger partial charge in [0.1, 0.15) is 11.4 Å². The van der Waals surface area contributed by atoms with Gasteiger partial charge in [-0.2, -0.15) is 8.78 Å². The van der Waals surface area contributed by atoms with Gasteiger partial charge in [-0.3, -0.25) is 0 Å². The number of alkyl halides is 2. The van der Waals surface area contributed by atoms with Crippen LogP contribution in [-0.2, 0) is 5.72 Å². The summed E-state index contributed by atoms with van der Waals surface area (Å²) in [4.78, 5) is 2.14. The van der Waals surface area contributed by atoms with E-state index in [2.05, 4.69) is 15.7 Å². The van der Waals surface area contributed by atoms with Crippen molar-refractivity contribution in [1.82, 2.24) is 0 Å². The van der Waals surface area contributed by atoms with Crippen LogP contribution < -0.4 is 9.64 Å². The molecule has 142 valence electrons. The van der Waals surface area contributed by atoms with Gasteiger partial charge in [0, 0.05) is 11.3 Å². The molecule has 4 rings (SSSR count). The van der Waals surface area contributed by atoms with E-state index in [4.69, 9.17) is 0 Å². The number of nitrogens with zero attached hydrogens (tertiary/aromatic N) is 2. The number of amidine groups is 1. The number of hydrogen-bond acceptors (Lipinski definition) is 4. The molecule has 1 atom stereocenters. The Kier molecular flexibility index (Phi) is 4.82. The van der Waals surface area contributed by atoms with Crippen molar-refractivity contribution >= 4 is 22.6 Å². The Morgan fingerprint density at radius 1 is 1.22 bits per heavy atom. The first-order chi connectivity index (χ1) is 13.0. The number of halogens is 2. The third-order valence-electron chi connectivity index (χ3n) is 4.90. The van der Waals surface area contributed by atoms with Crippen LogP contribution in [0.5, 0.6) is 5.75 Å². The van der Waals surface area contributed by atoms with Crippen LogP contribution in [0.1, 0.15) is 17.5 Å². The summed E-state index contributed by atoms with van der Waals surface area (Å²) in [6, 6.07) is 14.5. The predicted octanol–water partition coefficient (Wildman–Crippen LogP) is 3.77. The molecule has 7 heteroatoms. The molecule has 0 aromatic heterocycles. The summed E-state index contributed by atoms with van der Waals surface area (Å²) in [5.41, 5.74) is 1.65. The highest BCUT2D eigenvalue weighted by Crippen LogP contribution is 2.38. The Balaban J connectivity index is 1.71. The Morgan fingerprint density at radius 2 is 2.00 bits per heavy atom. The van der Waals surface area contributed by atoms with Crippen LogP contribution in [0.4, 0.5) is 14.5 Å². The van der Waals surface area contributed by atoms with Crippen LogP contribution in [0, 0.1) is 6.92 Å². The predicted molar refractivity (Wildman–Crippen MR) is 103 cm³/mol. The van der Waals surface area contributed by atoms with Gasteiger partial charge >= 0.3 is 11.8 Å². The van der Waals surface area contributed by atoms with Gasteiger partial charge in [0.2, 0.25) is 0 Å². The van der Waals surface area contributed by atoms with Crippen molar-refractivity contribution in [2.24, 2.45) is 0 Å². The van der Waals surface area contributed by atoms with Crippen molar-refractivity contribution in [3.8, 4) is 5.75 Å². The van der Waals surface area contributed by atoms with Crippen LogP contribution >= 0.6 is 11.8 Å². The Labute approximate surface area is 161 Å². The zero-order valence-electron chi connectivity index (χ0n) is 14.9. The fourth-order valence-corrected chi connectivity index (χ4v) is 4.83. The highest BCUT2D eigenvalue weighted by molar-refractivity contribution is 8.13. The number of aliphatic hydroxyl groups is 1. The SMILES string of the molecule is Cc1cccc(N2C[C@](O)(c3ccc(OC(F)F)cc3)[N+]3=C2SCCC3)c1. The number of aryl methyl sites for hydroxylation is 1. The number of ether oxygens (including phenoxy) is 1. The lowest BCUT2D eigenvalue weighted by Crippen LogP contribution is -2.41. The average Bonchev–Trinajstić information content (AvgIpc) is 2.96. The molecule has 1 N–H and O–H groups in total. The van der Waals surface area contributed by atoms with Gasteiger partial charge < -0.3 is 9.84 Å². The zero-order chi connectivity index (χ0) is 19.0. The molecule has 2 aromatic rings. The molecule has 0 spiro atoms. The number of β-amino-alcohol motifs (C(OH)–C–C–N with tert-alkyl or cyclic N) is 1. The molecule has 4 nitrogen and oxygen atoms in total. The minimum atomic E-state index is -2.86. The van der Waals surface area contributed by atoms with E-state index in [-0.39, 0.29) is 5.75 Å². The smallest absolute Gasteiger partial charge is 0.387 e. The second-order valence-corrected chi connectivity index (χ2v) is 7.84. The normalized spacial score (nSPS) is 22.3. The fraction of sp³-hybridized carbons (Fsp3) is 0.350. The van der Waals surface area contributed by atoms with Crippen molar-refractivity contribution in [3.63, 3.8) is 0 Å². The molecule has 0 bridgehead atoms. The first-order valence-electron chi connectivity index (χ1n) is 8.87. The van der Waals surface area contributed by atoms with E-state index < -0.39 is 12.3 Å². The van der Waals surface area contributed by atoms with E-state index >= 15 is 0 Å². The van der Waals surface area contributed by atoms with Gasteiger partial charge in [0.15, 0.2) is 6.54 Å². The molecule has 0 fully saturated rings. The van der Waals surface area contributed by atoms with Gasteiger partial charge in [0.05, 0.1) is 6.54 Å². The van der Waals surface area contributed by atoms with E-state index in [1.165, 1.54) is 12.1 Å². The van der Waals surface area contributed by atoms with E-state index in [1.54, 1.807) is 23.9 Å². The molecular formula is C20H21F2N2O2S+. The van der Waals surface area contributed by atoms with Crippen molar-refractivity contribution in [2.75, 3.05) is 23.7 Å². The maximum absolute atomic E-state index is 12.4. The molecule has 2 aliphatic rings. The molecule has 27 heavy (non-hydrogen) atoms. The lowest BCUT2D eigenvalue weighted by atomic mass is 10.0. The topological polar surface area (TPSA) is 35.7 Å². The lowest BCUT2D eigenvalue weighted by Gasteiger charge is -2.24. The largest absolute Gasteiger partial charge is 0.435 e. The summed E-state index contributed by atoms with van der Waals surface area (Å²) in [6.07, 6.45) is 0.977. The van der Waals surface area contributed by atoms with Crippen LogP contribution in [0.3, 0.4) is 0 Å². The molecule has 2 aromatic carbocycles. The van der Waals surface area contributed by atoms with Crippen LogP contribution in [-0.4, -0.2) is 40.3 Å². The standard InChI is InChI=1S/C20H21F2N2O2S/c1-14-4-2-5-16(12-14)23-13-20(25,24-10-3-11-27-19(23)24)15-6-8-17(9-7-15)26-18(21)22/h2,4-9,12,18,25H,3,10-11,13H2,1H3/q+1/t20-/m0/s1. The minimum Gasteiger partial charge on any atom is -0.435 e. The van der Waals surface area contributed by atoms with Crippen LogP contribution in [0.15, 0.2) is 48.5 Å². The molecule has 0 radical (unpaired) electrons. The first kappa shape index (κ1) is 18.3. The van der Waals surface area contributed by atoms with Crippen LogP contribution in [0.2, 0.25) is 0 Å². The summed E-state index contributed by atoms with van der Waals surface area (Å²) < 4.78 is 31.2. The quantitative estimate of drug-likeness (QED) is 0.805. The maximum atomic E-state index is 12.4. The third kappa shape index (κ3) is 3.41. The Morgan fingerprint density at radius 3 is 2.70 bits per heavy atom. The highest BCUT2D eigenvalue weighted by Gasteiger charge is 2.53. The Hall–Kier alpha value is -2.12. The zero-order valence-corrected chi connectivity index (χ0v) is 15.8. The second-order valence-electron chi connectivity index (χ2n) is 6.78. The number of anilines is 1. The fourth-order valence-electron chi connectivity index (χ4n) is 3.65. The van der Waals surface area contributed by atoms with Gasteiger partial charge in [-0.25, -0.2) is 9.48 Å². The van der Waals surface area contributed by atoms with Crippen molar-refractivity contribution in [2.45, 2.75) is 25.7 Å². The average molecular weight is 391 g/mol. The third-order valence-corrected chi connectivity index (χ3v) is 6.09. The Bertz CT molecular complexity index is 873. The van der Waals surface area contributed by atoms with E-state index in [0.717, 1.165) is 35.1 Å². The van der Waals surface area contributed by atoms with Gasteiger partial charge in [-0.05, 0) is 67.1 Å².